The predicted molar refractivity (Wildman–Crippen MR) is 84.8 cm³/mol. The van der Waals surface area contributed by atoms with Gasteiger partial charge in [-0.2, -0.15) is 0 Å². The van der Waals surface area contributed by atoms with Gasteiger partial charge in [0, 0.05) is 17.2 Å². The first-order valence-corrected chi connectivity index (χ1v) is 7.65. The fraction of sp³-hybridized carbons (Fsp3) is 0.278. The van der Waals surface area contributed by atoms with Crippen LogP contribution < -0.4 is 10.2 Å². The second-order valence-corrected chi connectivity index (χ2v) is 5.89. The van der Waals surface area contributed by atoms with Gasteiger partial charge >= 0.3 is 0 Å². The Balaban J connectivity index is 1.88. The average Bonchev–Trinajstić information content (AvgIpc) is 2.49. The number of halogens is 3. The minimum Gasteiger partial charge on any atom is -0.345 e. The Kier molecular flexibility index (Phi) is 5.98. The zero-order chi connectivity index (χ0) is 17.7. The summed E-state index contributed by atoms with van der Waals surface area (Å²) in [5.41, 5.74) is 1.15. The molecule has 0 heterocycles. The summed E-state index contributed by atoms with van der Waals surface area (Å²) in [5.74, 6) is -1.89. The number of amides is 1. The van der Waals surface area contributed by atoms with E-state index in [9.17, 15) is 18.0 Å². The maximum Gasteiger partial charge on any atom is 0.275 e. The third kappa shape index (κ3) is 5.09. The van der Waals surface area contributed by atoms with Gasteiger partial charge in [0.2, 0.25) is 0 Å². The van der Waals surface area contributed by atoms with Crippen LogP contribution in [-0.4, -0.2) is 19.5 Å². The molecule has 0 aliphatic heterocycles. The number of nitrogens with one attached hydrogen (secondary N) is 2. The van der Waals surface area contributed by atoms with Gasteiger partial charge in [-0.15, -0.1) is 0 Å². The van der Waals surface area contributed by atoms with Crippen molar-refractivity contribution in [3.05, 3.63) is 71.0 Å². The smallest absolute Gasteiger partial charge is 0.275 e. The lowest BCUT2D eigenvalue weighted by molar-refractivity contribution is -0.885. The van der Waals surface area contributed by atoms with Crippen LogP contribution >= 0.6 is 0 Å². The van der Waals surface area contributed by atoms with E-state index in [1.807, 2.05) is 7.05 Å². The van der Waals surface area contributed by atoms with E-state index in [1.54, 1.807) is 19.1 Å². The number of carbonyl (C=O) groups excluding carboxylic acids is 1. The Morgan fingerprint density at radius 3 is 2.33 bits per heavy atom. The van der Waals surface area contributed by atoms with Gasteiger partial charge in [-0.25, -0.2) is 13.2 Å². The van der Waals surface area contributed by atoms with Crippen LogP contribution in [0, 0.1) is 17.5 Å². The summed E-state index contributed by atoms with van der Waals surface area (Å²) in [6.45, 7) is 2.39. The van der Waals surface area contributed by atoms with Crippen molar-refractivity contribution in [3.63, 3.8) is 0 Å². The van der Waals surface area contributed by atoms with Crippen molar-refractivity contribution in [3.8, 4) is 0 Å². The number of carbonyl (C=O) groups is 1. The molecule has 2 aromatic rings. The van der Waals surface area contributed by atoms with Gasteiger partial charge in [0.1, 0.15) is 24.0 Å². The minimum atomic E-state index is -0.685. The largest absolute Gasteiger partial charge is 0.345 e. The van der Waals surface area contributed by atoms with Gasteiger partial charge < -0.3 is 10.2 Å². The van der Waals surface area contributed by atoms with E-state index in [0.29, 0.717) is 6.54 Å². The third-order valence-corrected chi connectivity index (χ3v) is 3.69. The highest BCUT2D eigenvalue weighted by Gasteiger charge is 2.17. The Hall–Kier alpha value is -2.34. The van der Waals surface area contributed by atoms with Crippen LogP contribution in [0.2, 0.25) is 0 Å². The van der Waals surface area contributed by atoms with Gasteiger partial charge in [0.25, 0.3) is 5.91 Å². The number of benzene rings is 2. The molecule has 6 heteroatoms. The molecule has 0 aliphatic carbocycles. The van der Waals surface area contributed by atoms with Crippen molar-refractivity contribution in [2.75, 3.05) is 13.6 Å². The second kappa shape index (κ2) is 7.97. The van der Waals surface area contributed by atoms with Crippen LogP contribution in [-0.2, 0) is 11.3 Å². The first-order chi connectivity index (χ1) is 11.3. The molecule has 0 aromatic heterocycles. The summed E-state index contributed by atoms with van der Waals surface area (Å²) < 4.78 is 39.5. The quantitative estimate of drug-likeness (QED) is 0.831. The lowest BCUT2D eigenvalue weighted by atomic mass is 10.1. The average molecular weight is 337 g/mol. The highest BCUT2D eigenvalue weighted by molar-refractivity contribution is 5.77. The maximum atomic E-state index is 13.7. The first kappa shape index (κ1) is 18.0. The molecule has 2 aromatic carbocycles. The lowest BCUT2D eigenvalue weighted by Crippen LogP contribution is -3.08. The summed E-state index contributed by atoms with van der Waals surface area (Å²) in [7, 11) is 1.84. The van der Waals surface area contributed by atoms with Crippen LogP contribution in [0.1, 0.15) is 24.1 Å². The molecule has 0 saturated carbocycles. The van der Waals surface area contributed by atoms with Crippen LogP contribution in [0.15, 0.2) is 42.5 Å². The van der Waals surface area contributed by atoms with E-state index >= 15 is 0 Å². The Labute approximate surface area is 139 Å². The minimum absolute atomic E-state index is 0.185. The van der Waals surface area contributed by atoms with Crippen molar-refractivity contribution in [2.24, 2.45) is 0 Å². The molecule has 2 rings (SSSR count). The van der Waals surface area contributed by atoms with Gasteiger partial charge in [-0.05, 0) is 25.1 Å². The molecular weight excluding hydrogens is 317 g/mol. The van der Waals surface area contributed by atoms with Crippen molar-refractivity contribution >= 4 is 5.91 Å². The van der Waals surface area contributed by atoms with E-state index in [-0.39, 0.29) is 23.8 Å². The Morgan fingerprint density at radius 1 is 1.08 bits per heavy atom. The molecule has 0 aliphatic rings. The number of hydrogen-bond donors (Lipinski definition) is 2. The molecular formula is C18H20F3N2O+. The molecule has 0 spiro atoms. The highest BCUT2D eigenvalue weighted by atomic mass is 19.1. The van der Waals surface area contributed by atoms with Crippen LogP contribution in [0.5, 0.6) is 0 Å². The molecule has 1 unspecified atom stereocenters. The van der Waals surface area contributed by atoms with E-state index in [2.05, 4.69) is 5.32 Å². The number of quaternary nitrogens is 1. The monoisotopic (exact) mass is 337 g/mol. The summed E-state index contributed by atoms with van der Waals surface area (Å²) in [4.78, 5) is 13.0. The van der Waals surface area contributed by atoms with Crippen LogP contribution in [0.3, 0.4) is 0 Å². The van der Waals surface area contributed by atoms with E-state index in [1.165, 1.54) is 18.2 Å². The summed E-state index contributed by atoms with van der Waals surface area (Å²) >= 11 is 0. The van der Waals surface area contributed by atoms with E-state index in [0.717, 1.165) is 22.6 Å². The van der Waals surface area contributed by atoms with Crippen LogP contribution in [0.25, 0.3) is 0 Å². The summed E-state index contributed by atoms with van der Waals surface area (Å²) in [5, 5.41) is 2.70. The van der Waals surface area contributed by atoms with Gasteiger partial charge in [-0.3, -0.25) is 4.79 Å². The molecule has 0 radical (unpaired) electrons. The lowest BCUT2D eigenvalue weighted by Gasteiger charge is -2.18. The predicted octanol–water partition coefficient (Wildman–Crippen LogP) is 2.00. The Bertz CT molecular complexity index is 704. The fourth-order valence-electron chi connectivity index (χ4n) is 2.51. The molecule has 128 valence electrons. The van der Waals surface area contributed by atoms with E-state index < -0.39 is 17.7 Å². The SMILES string of the molecule is C[C@@H](NC(=O)C[NH+](C)Cc1ccc(F)cc1)c1ccc(F)cc1F. The van der Waals surface area contributed by atoms with Gasteiger partial charge in [0.05, 0.1) is 13.1 Å². The maximum absolute atomic E-state index is 13.7. The topological polar surface area (TPSA) is 33.5 Å². The molecule has 3 nitrogen and oxygen atoms in total. The van der Waals surface area contributed by atoms with Crippen LogP contribution in [0.4, 0.5) is 13.2 Å². The normalized spacial score (nSPS) is 13.4. The first-order valence-electron chi connectivity index (χ1n) is 7.65. The highest BCUT2D eigenvalue weighted by Crippen LogP contribution is 2.17. The fourth-order valence-corrected chi connectivity index (χ4v) is 2.51. The molecule has 1 amide bonds. The Morgan fingerprint density at radius 2 is 1.71 bits per heavy atom. The van der Waals surface area contributed by atoms with Crippen molar-refractivity contribution in [2.45, 2.75) is 19.5 Å². The molecule has 24 heavy (non-hydrogen) atoms. The molecule has 0 bridgehead atoms. The third-order valence-electron chi connectivity index (χ3n) is 3.69. The molecule has 2 atom stereocenters. The van der Waals surface area contributed by atoms with Gasteiger partial charge in [-0.1, -0.05) is 18.2 Å². The molecule has 0 saturated heterocycles. The van der Waals surface area contributed by atoms with Crippen molar-refractivity contribution in [1.82, 2.24) is 5.32 Å². The number of hydrogen-bond acceptors (Lipinski definition) is 1. The number of likely N-dealkylation sites (N-methyl/N-ethyl adjacent to an activating group) is 1. The second-order valence-electron chi connectivity index (χ2n) is 5.89. The summed E-state index contributed by atoms with van der Waals surface area (Å²) in [6, 6.07) is 8.82. The molecule has 0 fully saturated rings. The zero-order valence-corrected chi connectivity index (χ0v) is 13.6. The van der Waals surface area contributed by atoms with Crippen molar-refractivity contribution in [1.29, 1.82) is 0 Å². The molecule has 2 N–H and O–H groups in total. The van der Waals surface area contributed by atoms with Gasteiger partial charge in [0.15, 0.2) is 6.54 Å². The summed E-state index contributed by atoms with van der Waals surface area (Å²) in [6.07, 6.45) is 0. The van der Waals surface area contributed by atoms with Crippen molar-refractivity contribution < 1.29 is 22.9 Å². The number of rotatable bonds is 6. The van der Waals surface area contributed by atoms with E-state index in [4.69, 9.17) is 0 Å². The standard InChI is InChI=1S/C18H19F3N2O/c1-12(16-8-7-15(20)9-17(16)21)22-18(24)11-23(2)10-13-3-5-14(19)6-4-13/h3-9,12H,10-11H2,1-2H3,(H,22,24)/p+1/t12-/m1/s1. The zero-order valence-electron chi connectivity index (χ0n) is 13.6.